The maximum Gasteiger partial charge on any atom is 0.253 e. The number of hydrogen-bond donors (Lipinski definition) is 1. The molecule has 1 aliphatic carbocycles. The SMILES string of the molecule is COc1cccc(C(=O)N(C)C2CCc3[nH]c4ccccc4c3C2)c1. The number of aromatic nitrogens is 1. The van der Waals surface area contributed by atoms with E-state index in [0.29, 0.717) is 11.3 Å². The monoisotopic (exact) mass is 334 g/mol. The van der Waals surface area contributed by atoms with Gasteiger partial charge in [0.05, 0.1) is 7.11 Å². The highest BCUT2D eigenvalue weighted by Gasteiger charge is 2.28. The van der Waals surface area contributed by atoms with E-state index < -0.39 is 0 Å². The molecule has 0 saturated heterocycles. The third kappa shape index (κ3) is 2.78. The van der Waals surface area contributed by atoms with Crippen LogP contribution in [0.15, 0.2) is 48.5 Å². The van der Waals surface area contributed by atoms with Crippen molar-refractivity contribution in [2.45, 2.75) is 25.3 Å². The van der Waals surface area contributed by atoms with Gasteiger partial charge in [0.1, 0.15) is 5.75 Å². The number of hydrogen-bond acceptors (Lipinski definition) is 2. The second-order valence-corrected chi connectivity index (χ2v) is 6.67. The van der Waals surface area contributed by atoms with E-state index in [9.17, 15) is 4.79 Å². The minimum Gasteiger partial charge on any atom is -0.497 e. The van der Waals surface area contributed by atoms with Gasteiger partial charge in [-0.1, -0.05) is 24.3 Å². The molecule has 4 heteroatoms. The lowest BCUT2D eigenvalue weighted by molar-refractivity contribution is 0.0718. The highest BCUT2D eigenvalue weighted by molar-refractivity contribution is 5.94. The Morgan fingerprint density at radius 2 is 2.04 bits per heavy atom. The molecule has 1 N–H and O–H groups in total. The number of H-pyrrole nitrogens is 1. The van der Waals surface area contributed by atoms with Crippen LogP contribution in [0.5, 0.6) is 5.75 Å². The third-order valence-electron chi connectivity index (χ3n) is 5.25. The van der Waals surface area contributed by atoms with Crippen molar-refractivity contribution in [3.8, 4) is 5.75 Å². The second kappa shape index (κ2) is 6.28. The number of aromatic amines is 1. The zero-order valence-corrected chi connectivity index (χ0v) is 14.6. The van der Waals surface area contributed by atoms with Gasteiger partial charge in [-0.2, -0.15) is 0 Å². The van der Waals surface area contributed by atoms with E-state index in [1.54, 1.807) is 13.2 Å². The molecule has 0 aliphatic heterocycles. The smallest absolute Gasteiger partial charge is 0.253 e. The van der Waals surface area contributed by atoms with Gasteiger partial charge in [0, 0.05) is 35.2 Å². The van der Waals surface area contributed by atoms with Crippen LogP contribution in [-0.4, -0.2) is 36.0 Å². The maximum atomic E-state index is 12.9. The number of ether oxygens (including phenoxy) is 1. The van der Waals surface area contributed by atoms with Crippen LogP contribution >= 0.6 is 0 Å². The van der Waals surface area contributed by atoms with Crippen molar-refractivity contribution in [2.24, 2.45) is 0 Å². The quantitative estimate of drug-likeness (QED) is 0.792. The van der Waals surface area contributed by atoms with Crippen molar-refractivity contribution in [2.75, 3.05) is 14.2 Å². The Balaban J connectivity index is 1.59. The average molecular weight is 334 g/mol. The van der Waals surface area contributed by atoms with Gasteiger partial charge in [0.2, 0.25) is 0 Å². The Labute approximate surface area is 147 Å². The van der Waals surface area contributed by atoms with Crippen molar-refractivity contribution in [3.63, 3.8) is 0 Å². The summed E-state index contributed by atoms with van der Waals surface area (Å²) in [5.74, 6) is 0.758. The summed E-state index contributed by atoms with van der Waals surface area (Å²) >= 11 is 0. The molecule has 1 atom stereocenters. The van der Waals surface area contributed by atoms with E-state index in [1.807, 2.05) is 30.1 Å². The van der Waals surface area contributed by atoms with E-state index in [-0.39, 0.29) is 11.9 Å². The number of nitrogens with zero attached hydrogens (tertiary/aromatic N) is 1. The lowest BCUT2D eigenvalue weighted by Gasteiger charge is -2.31. The summed E-state index contributed by atoms with van der Waals surface area (Å²) in [7, 11) is 3.53. The Hall–Kier alpha value is -2.75. The van der Waals surface area contributed by atoms with Crippen LogP contribution < -0.4 is 4.74 Å². The normalized spacial score (nSPS) is 16.5. The largest absolute Gasteiger partial charge is 0.497 e. The number of fused-ring (bicyclic) bond motifs is 3. The Morgan fingerprint density at radius 1 is 1.20 bits per heavy atom. The zero-order valence-electron chi connectivity index (χ0n) is 14.6. The van der Waals surface area contributed by atoms with E-state index in [2.05, 4.69) is 29.2 Å². The van der Waals surface area contributed by atoms with Gasteiger partial charge in [-0.05, 0) is 49.1 Å². The van der Waals surface area contributed by atoms with Crippen molar-refractivity contribution < 1.29 is 9.53 Å². The fraction of sp³-hybridized carbons (Fsp3) is 0.286. The van der Waals surface area contributed by atoms with Crippen LogP contribution in [0.4, 0.5) is 0 Å². The number of aryl methyl sites for hydroxylation is 1. The number of methoxy groups -OCH3 is 1. The van der Waals surface area contributed by atoms with Crippen LogP contribution in [0, 0.1) is 0 Å². The molecule has 1 aromatic heterocycles. The van der Waals surface area contributed by atoms with Crippen LogP contribution in [-0.2, 0) is 12.8 Å². The molecular formula is C21H22N2O2. The first-order valence-corrected chi connectivity index (χ1v) is 8.67. The molecule has 25 heavy (non-hydrogen) atoms. The van der Waals surface area contributed by atoms with Crippen LogP contribution in [0.1, 0.15) is 28.0 Å². The predicted molar refractivity (Wildman–Crippen MR) is 99.2 cm³/mol. The molecule has 1 unspecified atom stereocenters. The van der Waals surface area contributed by atoms with Gasteiger partial charge in [0.25, 0.3) is 5.91 Å². The molecule has 1 heterocycles. The molecule has 4 rings (SSSR count). The van der Waals surface area contributed by atoms with Gasteiger partial charge < -0.3 is 14.6 Å². The molecule has 1 aliphatic rings. The standard InChI is InChI=1S/C21H22N2O2/c1-23(21(24)14-6-5-7-16(12-14)25-2)15-10-11-20-18(13-15)17-8-3-4-9-19(17)22-20/h3-9,12,15,22H,10-11,13H2,1-2H3. The molecule has 0 bridgehead atoms. The summed E-state index contributed by atoms with van der Waals surface area (Å²) in [6.07, 6.45) is 2.85. The Bertz CT molecular complexity index is 929. The summed E-state index contributed by atoms with van der Waals surface area (Å²) in [6, 6.07) is 16.0. The first-order chi connectivity index (χ1) is 12.2. The molecule has 0 fully saturated rings. The topological polar surface area (TPSA) is 45.3 Å². The zero-order chi connectivity index (χ0) is 17.4. The maximum absolute atomic E-state index is 12.9. The fourth-order valence-electron chi connectivity index (χ4n) is 3.81. The van der Waals surface area contributed by atoms with Gasteiger partial charge in [0.15, 0.2) is 0 Å². The summed E-state index contributed by atoms with van der Waals surface area (Å²) in [5, 5.41) is 1.28. The lowest BCUT2D eigenvalue weighted by Crippen LogP contribution is -2.40. The van der Waals surface area contributed by atoms with Crippen LogP contribution in [0.25, 0.3) is 10.9 Å². The molecule has 128 valence electrons. The highest BCUT2D eigenvalue weighted by Crippen LogP contribution is 2.31. The first kappa shape index (κ1) is 15.8. The summed E-state index contributed by atoms with van der Waals surface area (Å²) in [5.41, 5.74) is 4.54. The van der Waals surface area contributed by atoms with Crippen LogP contribution in [0.2, 0.25) is 0 Å². The van der Waals surface area contributed by atoms with E-state index in [4.69, 9.17) is 4.74 Å². The van der Waals surface area contributed by atoms with Crippen molar-refractivity contribution >= 4 is 16.8 Å². The van der Waals surface area contributed by atoms with Gasteiger partial charge in [-0.3, -0.25) is 4.79 Å². The van der Waals surface area contributed by atoms with E-state index in [1.165, 1.54) is 22.2 Å². The Kier molecular flexibility index (Phi) is 3.96. The summed E-state index contributed by atoms with van der Waals surface area (Å²) in [4.78, 5) is 18.3. The summed E-state index contributed by atoms with van der Waals surface area (Å²) in [6.45, 7) is 0. The number of rotatable bonds is 3. The third-order valence-corrected chi connectivity index (χ3v) is 5.25. The predicted octanol–water partition coefficient (Wildman–Crippen LogP) is 3.81. The van der Waals surface area contributed by atoms with Crippen molar-refractivity contribution in [3.05, 3.63) is 65.4 Å². The number of carbonyl (C=O) groups is 1. The number of nitrogens with one attached hydrogen (secondary N) is 1. The molecule has 3 aromatic rings. The molecule has 4 nitrogen and oxygen atoms in total. The fourth-order valence-corrected chi connectivity index (χ4v) is 3.81. The lowest BCUT2D eigenvalue weighted by atomic mass is 9.90. The Morgan fingerprint density at radius 3 is 2.88 bits per heavy atom. The minimum atomic E-state index is 0.0483. The molecule has 0 radical (unpaired) electrons. The molecular weight excluding hydrogens is 312 g/mol. The number of para-hydroxylation sites is 1. The van der Waals surface area contributed by atoms with Gasteiger partial charge in [-0.15, -0.1) is 0 Å². The number of carbonyl (C=O) groups excluding carboxylic acids is 1. The minimum absolute atomic E-state index is 0.0483. The molecule has 1 amide bonds. The van der Waals surface area contributed by atoms with E-state index >= 15 is 0 Å². The van der Waals surface area contributed by atoms with Crippen molar-refractivity contribution in [1.82, 2.24) is 9.88 Å². The van der Waals surface area contributed by atoms with Gasteiger partial charge >= 0.3 is 0 Å². The summed E-state index contributed by atoms with van der Waals surface area (Å²) < 4.78 is 5.24. The number of benzene rings is 2. The molecule has 0 spiro atoms. The highest BCUT2D eigenvalue weighted by atomic mass is 16.5. The average Bonchev–Trinajstić information content (AvgIpc) is 3.04. The van der Waals surface area contributed by atoms with Crippen molar-refractivity contribution in [1.29, 1.82) is 0 Å². The molecule has 2 aromatic carbocycles. The second-order valence-electron chi connectivity index (χ2n) is 6.67. The van der Waals surface area contributed by atoms with E-state index in [0.717, 1.165) is 19.3 Å². The first-order valence-electron chi connectivity index (χ1n) is 8.67. The number of likely N-dealkylation sites (N-methyl/N-ethyl adjacent to an activating group) is 1. The van der Waals surface area contributed by atoms with Gasteiger partial charge in [-0.25, -0.2) is 0 Å². The molecule has 0 saturated carbocycles. The number of amides is 1. The van der Waals surface area contributed by atoms with Crippen LogP contribution in [0.3, 0.4) is 0 Å².